The molecule has 0 bridgehead atoms. The fourth-order valence-electron chi connectivity index (χ4n) is 10.4. The van der Waals surface area contributed by atoms with Crippen LogP contribution in [0.4, 0.5) is 17.1 Å². The Morgan fingerprint density at radius 1 is 0.281 bits per heavy atom. The lowest BCUT2D eigenvalue weighted by atomic mass is 9.81. The summed E-state index contributed by atoms with van der Waals surface area (Å²) in [5, 5.41) is 7.59. The van der Waals surface area contributed by atoms with Gasteiger partial charge in [0.05, 0.1) is 5.69 Å². The van der Waals surface area contributed by atoms with Gasteiger partial charge in [-0.1, -0.05) is 202 Å². The van der Waals surface area contributed by atoms with Gasteiger partial charge in [-0.15, -0.1) is 0 Å². The quantitative estimate of drug-likeness (QED) is 0.145. The summed E-state index contributed by atoms with van der Waals surface area (Å²) >= 11 is 0. The van der Waals surface area contributed by atoms with Crippen molar-refractivity contribution in [3.63, 3.8) is 0 Å². The van der Waals surface area contributed by atoms with Gasteiger partial charge in [-0.25, -0.2) is 0 Å². The summed E-state index contributed by atoms with van der Waals surface area (Å²) < 4.78 is 0. The van der Waals surface area contributed by atoms with Crippen molar-refractivity contribution in [1.29, 1.82) is 0 Å². The Kier molecular flexibility index (Phi) is 8.91. The van der Waals surface area contributed by atoms with Crippen LogP contribution in [0.3, 0.4) is 0 Å². The largest absolute Gasteiger partial charge is 0.310 e. The molecule has 0 spiro atoms. The fourth-order valence-corrected chi connectivity index (χ4v) is 10.4. The molecule has 1 aliphatic carbocycles. The lowest BCUT2D eigenvalue weighted by molar-refractivity contribution is 0.660. The van der Waals surface area contributed by atoms with Crippen LogP contribution in [0.15, 0.2) is 237 Å². The van der Waals surface area contributed by atoms with Crippen molar-refractivity contribution in [3.8, 4) is 55.6 Å². The third-order valence-corrected chi connectivity index (χ3v) is 13.7. The fraction of sp³-hybridized carbons (Fsp3) is 0.0476. The van der Waals surface area contributed by atoms with Crippen molar-refractivity contribution in [3.05, 3.63) is 248 Å². The van der Waals surface area contributed by atoms with Crippen molar-refractivity contribution in [2.24, 2.45) is 0 Å². The molecule has 1 aliphatic rings. The van der Waals surface area contributed by atoms with E-state index in [1.54, 1.807) is 0 Å². The maximum absolute atomic E-state index is 2.42. The van der Waals surface area contributed by atoms with Gasteiger partial charge in [-0.05, 0) is 142 Å². The molecule has 0 aliphatic heterocycles. The topological polar surface area (TPSA) is 3.24 Å². The second-order valence-electron chi connectivity index (χ2n) is 17.7. The molecule has 1 nitrogen and oxygen atoms in total. The minimum atomic E-state index is -0.0549. The van der Waals surface area contributed by atoms with Gasteiger partial charge >= 0.3 is 0 Å². The van der Waals surface area contributed by atoms with Crippen molar-refractivity contribution in [1.82, 2.24) is 0 Å². The van der Waals surface area contributed by atoms with Gasteiger partial charge in [0.15, 0.2) is 0 Å². The molecule has 0 radical (unpaired) electrons. The van der Waals surface area contributed by atoms with E-state index in [1.807, 2.05) is 0 Å². The second kappa shape index (κ2) is 15.1. The summed E-state index contributed by atoms with van der Waals surface area (Å²) in [6.45, 7) is 4.70. The maximum atomic E-state index is 2.42. The second-order valence-corrected chi connectivity index (χ2v) is 17.7. The van der Waals surface area contributed by atoms with E-state index in [0.29, 0.717) is 0 Å². The molecule has 12 rings (SSSR count). The lowest BCUT2D eigenvalue weighted by Gasteiger charge is -2.28. The van der Waals surface area contributed by atoms with E-state index in [4.69, 9.17) is 0 Å². The van der Waals surface area contributed by atoms with Crippen LogP contribution in [0.2, 0.25) is 0 Å². The first-order chi connectivity index (χ1) is 31.5. The van der Waals surface area contributed by atoms with Gasteiger partial charge in [0.25, 0.3) is 0 Å². The Bertz CT molecular complexity index is 3570. The highest BCUT2D eigenvalue weighted by Crippen LogP contribution is 2.50. The molecule has 0 aromatic heterocycles. The van der Waals surface area contributed by atoms with E-state index in [1.165, 1.54) is 99.1 Å². The van der Waals surface area contributed by atoms with E-state index in [2.05, 4.69) is 255 Å². The Labute approximate surface area is 375 Å². The SMILES string of the molecule is CC1(C)c2ccccc2-c2ccc(-c3ccc(N(c4ccc(-c5ccc6c(ccc7ccccc76)c5)cc4)c4ccccc4-c4cccc(-c5cccc6ccccc56)c4)cc3)cc21. The average Bonchev–Trinajstić information content (AvgIpc) is 3.59. The van der Waals surface area contributed by atoms with Gasteiger partial charge in [-0.2, -0.15) is 0 Å². The Balaban J connectivity index is 0.956. The van der Waals surface area contributed by atoms with Crippen LogP contribution < -0.4 is 4.90 Å². The molecule has 64 heavy (non-hydrogen) atoms. The molecule has 0 N–H and O–H groups in total. The number of benzene rings is 11. The molecule has 0 atom stereocenters. The van der Waals surface area contributed by atoms with Gasteiger partial charge in [0.2, 0.25) is 0 Å². The summed E-state index contributed by atoms with van der Waals surface area (Å²) in [5.74, 6) is 0. The summed E-state index contributed by atoms with van der Waals surface area (Å²) in [5.41, 5.74) is 18.3. The summed E-state index contributed by atoms with van der Waals surface area (Å²) in [6, 6.07) is 87.2. The first-order valence-corrected chi connectivity index (χ1v) is 22.3. The van der Waals surface area contributed by atoms with Crippen molar-refractivity contribution < 1.29 is 0 Å². The highest BCUT2D eigenvalue weighted by molar-refractivity contribution is 6.08. The predicted molar refractivity (Wildman–Crippen MR) is 273 cm³/mol. The molecule has 0 saturated heterocycles. The van der Waals surface area contributed by atoms with Crippen molar-refractivity contribution >= 4 is 49.4 Å². The van der Waals surface area contributed by atoms with Crippen molar-refractivity contribution in [2.75, 3.05) is 4.90 Å². The molecule has 0 saturated carbocycles. The lowest BCUT2D eigenvalue weighted by Crippen LogP contribution is -2.14. The van der Waals surface area contributed by atoms with Gasteiger partial charge in [0, 0.05) is 22.4 Å². The number of anilines is 3. The van der Waals surface area contributed by atoms with Crippen LogP contribution >= 0.6 is 0 Å². The molecular formula is C63H45N. The number of rotatable bonds is 7. The highest BCUT2D eigenvalue weighted by atomic mass is 15.1. The first kappa shape index (κ1) is 37.7. The number of hydrogen-bond donors (Lipinski definition) is 0. The highest BCUT2D eigenvalue weighted by Gasteiger charge is 2.35. The van der Waals surface area contributed by atoms with Crippen LogP contribution in [0.1, 0.15) is 25.0 Å². The zero-order valence-electron chi connectivity index (χ0n) is 36.0. The molecular weight excluding hydrogens is 771 g/mol. The zero-order chi connectivity index (χ0) is 42.8. The van der Waals surface area contributed by atoms with E-state index in [9.17, 15) is 0 Å². The monoisotopic (exact) mass is 815 g/mol. The first-order valence-electron chi connectivity index (χ1n) is 22.3. The Hall–Kier alpha value is -8.00. The molecule has 0 fully saturated rings. The zero-order valence-corrected chi connectivity index (χ0v) is 36.0. The van der Waals surface area contributed by atoms with Crippen LogP contribution in [-0.2, 0) is 5.41 Å². The standard InChI is InChI=1S/C63H45N/c1-63(2)60-23-9-7-21-58(60)59-38-32-47(41-61(59)63)43-29-35-52(36-30-43)64(51-33-27-42(28-34-51)46-31-37-56-50(39-46)26-25-45-14-4-6-19-54(45)56)62-24-10-8-20-57(62)49-17-11-16-48(40-49)55-22-12-15-44-13-3-5-18-53(44)55/h3-41H,1-2H3. The van der Waals surface area contributed by atoms with Crippen LogP contribution in [0.5, 0.6) is 0 Å². The van der Waals surface area contributed by atoms with Gasteiger partial charge in [0.1, 0.15) is 0 Å². The van der Waals surface area contributed by atoms with Crippen LogP contribution in [0, 0.1) is 0 Å². The van der Waals surface area contributed by atoms with Crippen LogP contribution in [-0.4, -0.2) is 0 Å². The van der Waals surface area contributed by atoms with Gasteiger partial charge < -0.3 is 4.90 Å². The summed E-state index contributed by atoms with van der Waals surface area (Å²) in [4.78, 5) is 2.42. The molecule has 11 aromatic carbocycles. The predicted octanol–water partition coefficient (Wildman–Crippen LogP) is 17.6. The third-order valence-electron chi connectivity index (χ3n) is 13.7. The molecule has 0 amide bonds. The minimum Gasteiger partial charge on any atom is -0.310 e. The molecule has 0 unspecified atom stereocenters. The normalized spacial score (nSPS) is 12.7. The number of nitrogens with zero attached hydrogens (tertiary/aromatic N) is 1. The van der Waals surface area contributed by atoms with E-state index in [0.717, 1.165) is 17.1 Å². The molecule has 1 heteroatoms. The average molecular weight is 816 g/mol. The van der Waals surface area contributed by atoms with E-state index < -0.39 is 0 Å². The smallest absolute Gasteiger partial charge is 0.0540 e. The molecule has 302 valence electrons. The van der Waals surface area contributed by atoms with Gasteiger partial charge in [-0.3, -0.25) is 0 Å². The van der Waals surface area contributed by atoms with Crippen molar-refractivity contribution in [2.45, 2.75) is 19.3 Å². The minimum absolute atomic E-state index is 0.0549. The number of para-hydroxylation sites is 1. The van der Waals surface area contributed by atoms with E-state index in [-0.39, 0.29) is 5.41 Å². The Morgan fingerprint density at radius 2 is 0.781 bits per heavy atom. The summed E-state index contributed by atoms with van der Waals surface area (Å²) in [6.07, 6.45) is 0. The molecule has 11 aromatic rings. The summed E-state index contributed by atoms with van der Waals surface area (Å²) in [7, 11) is 0. The third kappa shape index (κ3) is 6.31. The van der Waals surface area contributed by atoms with Crippen LogP contribution in [0.25, 0.3) is 88.0 Å². The maximum Gasteiger partial charge on any atom is 0.0540 e. The van der Waals surface area contributed by atoms with E-state index >= 15 is 0 Å². The Morgan fingerprint density at radius 3 is 1.55 bits per heavy atom. The number of fused-ring (bicyclic) bond motifs is 7. The number of hydrogen-bond acceptors (Lipinski definition) is 1. The molecule has 0 heterocycles.